The fourth-order valence-electron chi connectivity index (χ4n) is 4.11. The van der Waals surface area contributed by atoms with Crippen LogP contribution in [0.4, 0.5) is 11.9 Å². The number of carbonyl (C=O) groups excluding carboxylic acids is 2. The molecule has 1 aromatic rings. The molecular formula is C22H41N8O3+. The Morgan fingerprint density at radius 1 is 1.18 bits per heavy atom. The van der Waals surface area contributed by atoms with Gasteiger partial charge in [0.15, 0.2) is 0 Å². The molecule has 1 atom stereocenters. The summed E-state index contributed by atoms with van der Waals surface area (Å²) in [5.41, 5.74) is 5.47. The Morgan fingerprint density at radius 2 is 1.91 bits per heavy atom. The first-order valence-corrected chi connectivity index (χ1v) is 12.1. The second kappa shape index (κ2) is 13.2. The van der Waals surface area contributed by atoms with Crippen molar-refractivity contribution in [1.82, 2.24) is 25.4 Å². The van der Waals surface area contributed by atoms with Gasteiger partial charge in [-0.3, -0.25) is 25.6 Å². The number of aromatic nitrogens is 3. The maximum atomic E-state index is 12.7. The molecule has 1 fully saturated rings. The van der Waals surface area contributed by atoms with E-state index in [9.17, 15) is 14.8 Å². The standard InChI is InChI=1S/C22H40N8O3/c1-5-8-9-10-18(16-29(33)17-31)20(32)26-27-21-23-19(7-3)24-22(25-21)28-11-14-30(4,13-6-2)15-12-28/h17-18,33H,5-16H2,1-4H3,(H-,23,24,25,26,27,32)/p+1/t18-/m1/s1. The molecule has 2 amide bonds. The fourth-order valence-corrected chi connectivity index (χ4v) is 4.11. The summed E-state index contributed by atoms with van der Waals surface area (Å²) in [5.74, 6) is 0.684. The van der Waals surface area contributed by atoms with Crippen molar-refractivity contribution in [2.24, 2.45) is 5.92 Å². The largest absolute Gasteiger partial charge is 0.329 e. The average Bonchev–Trinajstić information content (AvgIpc) is 2.82. The molecule has 11 nitrogen and oxygen atoms in total. The van der Waals surface area contributed by atoms with E-state index in [0.29, 0.717) is 36.1 Å². The molecule has 0 aromatic carbocycles. The Labute approximate surface area is 197 Å². The molecule has 0 aliphatic carbocycles. The van der Waals surface area contributed by atoms with Crippen LogP contribution in [0, 0.1) is 5.92 Å². The van der Waals surface area contributed by atoms with Crippen LogP contribution in [0.2, 0.25) is 0 Å². The number of nitrogens with one attached hydrogen (secondary N) is 2. The van der Waals surface area contributed by atoms with E-state index >= 15 is 0 Å². The van der Waals surface area contributed by atoms with Gasteiger partial charge in [-0.1, -0.05) is 40.0 Å². The smallest absolute Gasteiger partial charge is 0.246 e. The first-order valence-electron chi connectivity index (χ1n) is 12.1. The molecule has 2 heterocycles. The summed E-state index contributed by atoms with van der Waals surface area (Å²) in [6.07, 6.45) is 5.52. The van der Waals surface area contributed by atoms with Crippen LogP contribution >= 0.6 is 0 Å². The highest BCUT2D eigenvalue weighted by molar-refractivity contribution is 5.80. The predicted molar refractivity (Wildman–Crippen MR) is 126 cm³/mol. The Bertz CT molecular complexity index is 755. The minimum Gasteiger partial charge on any atom is -0.329 e. The van der Waals surface area contributed by atoms with Gasteiger partial charge in [-0.05, 0) is 12.8 Å². The Morgan fingerprint density at radius 3 is 2.52 bits per heavy atom. The zero-order valence-corrected chi connectivity index (χ0v) is 20.6. The Hall–Kier alpha value is -2.53. The number of nitrogens with zero attached hydrogens (tertiary/aromatic N) is 6. The maximum absolute atomic E-state index is 12.7. The van der Waals surface area contributed by atoms with Gasteiger partial charge in [0, 0.05) is 6.42 Å². The third-order valence-corrected chi connectivity index (χ3v) is 6.21. The van der Waals surface area contributed by atoms with Crippen molar-refractivity contribution in [2.45, 2.75) is 59.3 Å². The van der Waals surface area contributed by atoms with Crippen LogP contribution in [0.1, 0.15) is 58.7 Å². The van der Waals surface area contributed by atoms with Gasteiger partial charge in [-0.15, -0.1) is 0 Å². The van der Waals surface area contributed by atoms with Gasteiger partial charge in [-0.2, -0.15) is 15.0 Å². The summed E-state index contributed by atoms with van der Waals surface area (Å²) in [4.78, 5) is 39.2. The highest BCUT2D eigenvalue weighted by Gasteiger charge is 2.29. The zero-order chi connectivity index (χ0) is 24.3. The molecule has 1 saturated heterocycles. The molecule has 0 unspecified atom stereocenters. The third kappa shape index (κ3) is 8.39. The summed E-state index contributed by atoms with van der Waals surface area (Å²) < 4.78 is 1.06. The van der Waals surface area contributed by atoms with Gasteiger partial charge < -0.3 is 9.38 Å². The number of likely N-dealkylation sites (N-methyl/N-ethyl adjacent to an activating group) is 1. The van der Waals surface area contributed by atoms with Crippen molar-refractivity contribution in [2.75, 3.05) is 56.6 Å². The molecule has 3 N–H and O–H groups in total. The molecule has 0 saturated carbocycles. The van der Waals surface area contributed by atoms with Crippen molar-refractivity contribution in [3.63, 3.8) is 0 Å². The number of hydrazine groups is 1. The molecule has 1 aliphatic heterocycles. The quantitative estimate of drug-likeness (QED) is 0.124. The number of hydroxylamine groups is 2. The average molecular weight is 466 g/mol. The molecular weight excluding hydrogens is 424 g/mol. The molecule has 0 bridgehead atoms. The summed E-state index contributed by atoms with van der Waals surface area (Å²) in [7, 11) is 2.29. The number of amides is 2. The first-order chi connectivity index (χ1) is 15.8. The van der Waals surface area contributed by atoms with E-state index < -0.39 is 5.92 Å². The van der Waals surface area contributed by atoms with Gasteiger partial charge in [0.05, 0.1) is 52.2 Å². The molecule has 1 aliphatic rings. The van der Waals surface area contributed by atoms with Crippen molar-refractivity contribution in [3.8, 4) is 0 Å². The predicted octanol–water partition coefficient (Wildman–Crippen LogP) is 1.60. The zero-order valence-electron chi connectivity index (χ0n) is 20.6. The number of piperazine rings is 1. The number of anilines is 2. The molecule has 2 rings (SSSR count). The second-order valence-corrected chi connectivity index (χ2v) is 9.04. The van der Waals surface area contributed by atoms with E-state index in [1.54, 1.807) is 0 Å². The molecule has 11 heteroatoms. The van der Waals surface area contributed by atoms with Crippen molar-refractivity contribution >= 4 is 24.2 Å². The number of rotatable bonds is 14. The lowest BCUT2D eigenvalue weighted by Crippen LogP contribution is -2.57. The van der Waals surface area contributed by atoms with Gasteiger partial charge in [0.25, 0.3) is 0 Å². The monoisotopic (exact) mass is 465 g/mol. The van der Waals surface area contributed by atoms with Crippen LogP contribution in [0.5, 0.6) is 0 Å². The molecule has 33 heavy (non-hydrogen) atoms. The van der Waals surface area contributed by atoms with Crippen LogP contribution in [0.15, 0.2) is 0 Å². The number of aryl methyl sites for hydroxylation is 1. The van der Waals surface area contributed by atoms with Crippen LogP contribution < -0.4 is 15.8 Å². The first kappa shape index (κ1) is 26.7. The molecule has 186 valence electrons. The number of unbranched alkanes of at least 4 members (excludes halogenated alkanes) is 2. The van der Waals surface area contributed by atoms with E-state index in [1.165, 1.54) is 6.54 Å². The molecule has 0 spiro atoms. The SMILES string of the molecule is CCCCC[C@H](CN(O)C=O)C(=O)NNc1nc(CC)nc(N2CC[N+](C)(CCC)CC2)n1. The summed E-state index contributed by atoms with van der Waals surface area (Å²) in [6.45, 7) is 11.2. The number of quaternary nitrogens is 1. The van der Waals surface area contributed by atoms with Crippen molar-refractivity contribution in [1.29, 1.82) is 0 Å². The Balaban J connectivity index is 2.04. The van der Waals surface area contributed by atoms with Crippen LogP contribution in [-0.4, -0.2) is 88.3 Å². The number of hydrogen-bond acceptors (Lipinski definition) is 8. The summed E-state index contributed by atoms with van der Waals surface area (Å²) >= 11 is 0. The van der Waals surface area contributed by atoms with Crippen LogP contribution in [-0.2, 0) is 16.0 Å². The second-order valence-electron chi connectivity index (χ2n) is 9.04. The van der Waals surface area contributed by atoms with Crippen LogP contribution in [0.25, 0.3) is 0 Å². The highest BCUT2D eigenvalue weighted by atomic mass is 16.5. The van der Waals surface area contributed by atoms with Crippen molar-refractivity contribution in [3.05, 3.63) is 5.82 Å². The van der Waals surface area contributed by atoms with E-state index in [0.717, 1.165) is 56.3 Å². The normalized spacial score (nSPS) is 16.2. The lowest BCUT2D eigenvalue weighted by atomic mass is 10.0. The van der Waals surface area contributed by atoms with E-state index in [1.807, 2.05) is 6.92 Å². The van der Waals surface area contributed by atoms with Gasteiger partial charge >= 0.3 is 0 Å². The number of carbonyl (C=O) groups is 2. The minimum absolute atomic E-state index is 0.0635. The summed E-state index contributed by atoms with van der Waals surface area (Å²) in [5, 5.41) is 10.1. The lowest BCUT2D eigenvalue weighted by molar-refractivity contribution is -0.910. The van der Waals surface area contributed by atoms with E-state index in [4.69, 9.17) is 0 Å². The Kier molecular flexibility index (Phi) is 10.7. The third-order valence-electron chi connectivity index (χ3n) is 6.21. The highest BCUT2D eigenvalue weighted by Crippen LogP contribution is 2.17. The van der Waals surface area contributed by atoms with Gasteiger partial charge in [0.2, 0.25) is 24.2 Å². The summed E-state index contributed by atoms with van der Waals surface area (Å²) in [6, 6.07) is 0. The lowest BCUT2D eigenvalue weighted by Gasteiger charge is -2.42. The minimum atomic E-state index is -0.540. The maximum Gasteiger partial charge on any atom is 0.246 e. The topological polar surface area (TPSA) is 124 Å². The molecule has 0 radical (unpaired) electrons. The van der Waals surface area contributed by atoms with E-state index in [-0.39, 0.29) is 18.4 Å². The number of hydrogen-bond donors (Lipinski definition) is 3. The fraction of sp³-hybridized carbons (Fsp3) is 0.773. The molecule has 1 aromatic heterocycles. The van der Waals surface area contributed by atoms with Gasteiger partial charge in [-0.25, -0.2) is 5.06 Å². The van der Waals surface area contributed by atoms with Gasteiger partial charge in [0.1, 0.15) is 5.82 Å². The van der Waals surface area contributed by atoms with Crippen LogP contribution in [0.3, 0.4) is 0 Å². The van der Waals surface area contributed by atoms with Crippen molar-refractivity contribution < 1.29 is 19.3 Å². The van der Waals surface area contributed by atoms with E-state index in [2.05, 4.69) is 51.6 Å².